The van der Waals surface area contributed by atoms with E-state index in [0.29, 0.717) is 35.1 Å². The van der Waals surface area contributed by atoms with Crippen LogP contribution >= 0.6 is 0 Å². The molecule has 6 heteroatoms. The van der Waals surface area contributed by atoms with Crippen LogP contribution in [0.2, 0.25) is 0 Å². The molecule has 0 aromatic heterocycles. The molecule has 0 spiro atoms. The maximum Gasteiger partial charge on any atom is 0.255 e. The van der Waals surface area contributed by atoms with Gasteiger partial charge in [0.05, 0.1) is 20.8 Å². The van der Waals surface area contributed by atoms with Crippen molar-refractivity contribution in [2.24, 2.45) is 0 Å². The average Bonchev–Trinajstić information content (AvgIpc) is 2.79. The van der Waals surface area contributed by atoms with Crippen molar-refractivity contribution in [1.82, 2.24) is 0 Å². The fourth-order valence-corrected chi connectivity index (χ4v) is 2.86. The van der Waals surface area contributed by atoms with Gasteiger partial charge in [-0.3, -0.25) is 4.79 Å². The second-order valence-corrected chi connectivity index (χ2v) is 6.41. The molecule has 0 unspecified atom stereocenters. The Morgan fingerprint density at radius 1 is 0.833 bits per heavy atom. The Hall–Kier alpha value is -3.67. The Morgan fingerprint density at radius 3 is 2.27 bits per heavy atom. The SMILES string of the molecule is CCOc1ccc(C(=O)Nc2ccc(OC)cc2)cc1COc1cccc(OC)c1. The minimum atomic E-state index is -0.217. The van der Waals surface area contributed by atoms with Gasteiger partial charge >= 0.3 is 0 Å². The van der Waals surface area contributed by atoms with Crippen molar-refractivity contribution in [3.8, 4) is 23.0 Å². The largest absolute Gasteiger partial charge is 0.497 e. The van der Waals surface area contributed by atoms with Crippen LogP contribution in [0.4, 0.5) is 5.69 Å². The van der Waals surface area contributed by atoms with Gasteiger partial charge in [0.15, 0.2) is 0 Å². The van der Waals surface area contributed by atoms with Crippen LogP contribution in [-0.4, -0.2) is 26.7 Å². The summed E-state index contributed by atoms with van der Waals surface area (Å²) >= 11 is 0. The number of anilines is 1. The fraction of sp³-hybridized carbons (Fsp3) is 0.208. The van der Waals surface area contributed by atoms with Crippen LogP contribution in [0.1, 0.15) is 22.8 Å². The smallest absolute Gasteiger partial charge is 0.255 e. The number of amides is 1. The number of carbonyl (C=O) groups excluding carboxylic acids is 1. The second-order valence-electron chi connectivity index (χ2n) is 6.41. The lowest BCUT2D eigenvalue weighted by molar-refractivity contribution is 0.102. The van der Waals surface area contributed by atoms with Gasteiger partial charge in [-0.15, -0.1) is 0 Å². The molecule has 0 aliphatic rings. The minimum absolute atomic E-state index is 0.217. The zero-order chi connectivity index (χ0) is 21.3. The van der Waals surface area contributed by atoms with Gasteiger partial charge in [-0.05, 0) is 61.5 Å². The molecule has 156 valence electrons. The predicted octanol–water partition coefficient (Wildman–Crippen LogP) is 4.93. The van der Waals surface area contributed by atoms with E-state index < -0.39 is 0 Å². The third-order valence-electron chi connectivity index (χ3n) is 4.41. The molecule has 0 saturated heterocycles. The minimum Gasteiger partial charge on any atom is -0.497 e. The molecule has 1 N–H and O–H groups in total. The summed E-state index contributed by atoms with van der Waals surface area (Å²) in [6, 6.07) is 19.8. The number of rotatable bonds is 9. The third kappa shape index (κ3) is 5.44. The molecule has 0 aliphatic carbocycles. The lowest BCUT2D eigenvalue weighted by Crippen LogP contribution is -2.13. The van der Waals surface area contributed by atoms with E-state index in [1.165, 1.54) is 0 Å². The molecule has 30 heavy (non-hydrogen) atoms. The van der Waals surface area contributed by atoms with Crippen molar-refractivity contribution in [2.45, 2.75) is 13.5 Å². The number of hydrogen-bond acceptors (Lipinski definition) is 5. The molecular formula is C24H25NO5. The van der Waals surface area contributed by atoms with E-state index in [4.69, 9.17) is 18.9 Å². The molecular weight excluding hydrogens is 382 g/mol. The lowest BCUT2D eigenvalue weighted by Gasteiger charge is -2.14. The molecule has 0 saturated carbocycles. The summed E-state index contributed by atoms with van der Waals surface area (Å²) in [4.78, 5) is 12.7. The van der Waals surface area contributed by atoms with E-state index in [-0.39, 0.29) is 12.5 Å². The highest BCUT2D eigenvalue weighted by atomic mass is 16.5. The topological polar surface area (TPSA) is 66.0 Å². The van der Waals surface area contributed by atoms with Crippen LogP contribution in [0, 0.1) is 0 Å². The maximum atomic E-state index is 12.7. The van der Waals surface area contributed by atoms with Crippen molar-refractivity contribution in [3.63, 3.8) is 0 Å². The molecule has 3 aromatic carbocycles. The summed E-state index contributed by atoms with van der Waals surface area (Å²) in [5.41, 5.74) is 1.98. The zero-order valence-corrected chi connectivity index (χ0v) is 17.3. The van der Waals surface area contributed by atoms with Gasteiger partial charge in [0.25, 0.3) is 5.91 Å². The van der Waals surface area contributed by atoms with Crippen molar-refractivity contribution in [3.05, 3.63) is 77.9 Å². The highest BCUT2D eigenvalue weighted by Crippen LogP contribution is 2.25. The van der Waals surface area contributed by atoms with E-state index in [1.54, 1.807) is 62.8 Å². The summed E-state index contributed by atoms with van der Waals surface area (Å²) in [7, 11) is 3.21. The van der Waals surface area contributed by atoms with Crippen LogP contribution in [0.15, 0.2) is 66.7 Å². The van der Waals surface area contributed by atoms with Crippen molar-refractivity contribution >= 4 is 11.6 Å². The van der Waals surface area contributed by atoms with Gasteiger partial charge < -0.3 is 24.3 Å². The number of ether oxygens (including phenoxy) is 4. The van der Waals surface area contributed by atoms with Crippen LogP contribution < -0.4 is 24.3 Å². The number of methoxy groups -OCH3 is 2. The Bertz CT molecular complexity index is 985. The Kier molecular flexibility index (Phi) is 7.16. The van der Waals surface area contributed by atoms with Crippen LogP contribution in [0.3, 0.4) is 0 Å². The molecule has 0 bridgehead atoms. The van der Waals surface area contributed by atoms with E-state index in [9.17, 15) is 4.79 Å². The summed E-state index contributed by atoms with van der Waals surface area (Å²) in [5.74, 6) is 2.58. The monoisotopic (exact) mass is 407 g/mol. The van der Waals surface area contributed by atoms with Gasteiger partial charge in [-0.25, -0.2) is 0 Å². The molecule has 0 atom stereocenters. The van der Waals surface area contributed by atoms with Gasteiger partial charge in [0.2, 0.25) is 0 Å². The van der Waals surface area contributed by atoms with E-state index >= 15 is 0 Å². The Balaban J connectivity index is 1.76. The summed E-state index contributed by atoms with van der Waals surface area (Å²) in [6.07, 6.45) is 0. The quantitative estimate of drug-likeness (QED) is 0.545. The summed E-state index contributed by atoms with van der Waals surface area (Å²) < 4.78 is 22.0. The lowest BCUT2D eigenvalue weighted by atomic mass is 10.1. The molecule has 0 fully saturated rings. The Labute approximate surface area is 176 Å². The maximum absolute atomic E-state index is 12.7. The molecule has 0 heterocycles. The molecule has 0 aliphatic heterocycles. The Morgan fingerprint density at radius 2 is 1.57 bits per heavy atom. The summed E-state index contributed by atoms with van der Waals surface area (Å²) in [5, 5.41) is 2.88. The molecule has 6 nitrogen and oxygen atoms in total. The molecule has 3 aromatic rings. The average molecular weight is 407 g/mol. The first-order valence-corrected chi connectivity index (χ1v) is 9.61. The number of nitrogens with one attached hydrogen (secondary N) is 1. The first-order chi connectivity index (χ1) is 14.6. The van der Waals surface area contributed by atoms with Crippen LogP contribution in [0.25, 0.3) is 0 Å². The molecule has 3 rings (SSSR count). The predicted molar refractivity (Wildman–Crippen MR) is 116 cm³/mol. The molecule has 0 radical (unpaired) electrons. The highest BCUT2D eigenvalue weighted by Gasteiger charge is 2.12. The van der Waals surface area contributed by atoms with Gasteiger partial charge in [-0.2, -0.15) is 0 Å². The number of carbonyl (C=O) groups is 1. The zero-order valence-electron chi connectivity index (χ0n) is 17.3. The van der Waals surface area contributed by atoms with Crippen molar-refractivity contribution in [2.75, 3.05) is 26.1 Å². The third-order valence-corrected chi connectivity index (χ3v) is 4.41. The normalized spacial score (nSPS) is 10.2. The van der Waals surface area contributed by atoms with E-state index in [2.05, 4.69) is 5.32 Å². The van der Waals surface area contributed by atoms with Gasteiger partial charge in [0.1, 0.15) is 29.6 Å². The van der Waals surface area contributed by atoms with Crippen LogP contribution in [0.5, 0.6) is 23.0 Å². The van der Waals surface area contributed by atoms with Crippen molar-refractivity contribution in [1.29, 1.82) is 0 Å². The number of benzene rings is 3. The second kappa shape index (κ2) is 10.2. The fourth-order valence-electron chi connectivity index (χ4n) is 2.86. The van der Waals surface area contributed by atoms with Gasteiger partial charge in [-0.1, -0.05) is 6.07 Å². The van der Waals surface area contributed by atoms with Gasteiger partial charge in [0, 0.05) is 22.9 Å². The first kappa shape index (κ1) is 21.0. The van der Waals surface area contributed by atoms with E-state index in [0.717, 1.165) is 11.3 Å². The number of hydrogen-bond donors (Lipinski definition) is 1. The summed E-state index contributed by atoms with van der Waals surface area (Å²) in [6.45, 7) is 2.69. The van der Waals surface area contributed by atoms with E-state index in [1.807, 2.05) is 25.1 Å². The first-order valence-electron chi connectivity index (χ1n) is 9.61. The van der Waals surface area contributed by atoms with Crippen molar-refractivity contribution < 1.29 is 23.7 Å². The highest BCUT2D eigenvalue weighted by molar-refractivity contribution is 6.04. The van der Waals surface area contributed by atoms with Crippen LogP contribution in [-0.2, 0) is 6.61 Å². The molecule has 1 amide bonds. The standard InChI is InChI=1S/C24H25NO5/c1-4-29-23-13-8-17(24(26)25-19-9-11-20(27-2)12-10-19)14-18(23)16-30-22-7-5-6-21(15-22)28-3/h5-15H,4,16H2,1-3H3,(H,25,26).